The number of fused-ring (bicyclic) bond motifs is 6. The van der Waals surface area contributed by atoms with E-state index in [1.807, 2.05) is 14.0 Å². The van der Waals surface area contributed by atoms with E-state index in [-0.39, 0.29) is 16.7 Å². The highest BCUT2D eigenvalue weighted by atomic mass is 16.5. The summed E-state index contributed by atoms with van der Waals surface area (Å²) in [5.41, 5.74) is 2.17. The molecular formula is C31H50O3. The molecule has 3 heteroatoms. The van der Waals surface area contributed by atoms with E-state index in [1.54, 1.807) is 5.57 Å². The lowest BCUT2D eigenvalue weighted by Gasteiger charge is -2.64. The molecule has 0 unspecified atom stereocenters. The number of rotatable bonds is 2. The van der Waals surface area contributed by atoms with E-state index in [0.29, 0.717) is 22.9 Å². The molecule has 0 aromatic carbocycles. The first kappa shape index (κ1) is 25.0. The van der Waals surface area contributed by atoms with Crippen molar-refractivity contribution in [3.05, 3.63) is 11.6 Å². The molecule has 1 N–H and O–H groups in total. The van der Waals surface area contributed by atoms with Crippen molar-refractivity contribution in [3.63, 3.8) is 0 Å². The van der Waals surface area contributed by atoms with Crippen molar-refractivity contribution < 1.29 is 14.6 Å². The summed E-state index contributed by atoms with van der Waals surface area (Å²) in [7, 11) is 1.91. The molecule has 4 saturated carbocycles. The van der Waals surface area contributed by atoms with Gasteiger partial charge in [-0.15, -0.1) is 0 Å². The van der Waals surface area contributed by atoms with Crippen LogP contribution < -0.4 is 0 Å². The quantitative estimate of drug-likeness (QED) is 0.350. The minimum absolute atomic E-state index is 0.121. The van der Waals surface area contributed by atoms with Gasteiger partial charge in [0.2, 0.25) is 0 Å². The molecule has 0 radical (unpaired) electrons. The van der Waals surface area contributed by atoms with E-state index in [0.717, 1.165) is 37.4 Å². The summed E-state index contributed by atoms with van der Waals surface area (Å²) in [4.78, 5) is 12.3. The fourth-order valence-electron chi connectivity index (χ4n) is 11.3. The van der Waals surface area contributed by atoms with Crippen LogP contribution in [0.15, 0.2) is 11.6 Å². The van der Waals surface area contributed by atoms with Gasteiger partial charge in [0, 0.05) is 7.11 Å². The lowest BCUT2D eigenvalue weighted by molar-refractivity contribution is -0.178. The van der Waals surface area contributed by atoms with Gasteiger partial charge in [0.1, 0.15) is 6.29 Å². The first-order chi connectivity index (χ1) is 15.9. The number of aldehydes is 1. The Labute approximate surface area is 208 Å². The first-order valence-electron chi connectivity index (χ1n) is 14.2. The van der Waals surface area contributed by atoms with Crippen molar-refractivity contribution in [2.24, 2.45) is 50.7 Å². The molecule has 0 aromatic heterocycles. The van der Waals surface area contributed by atoms with Crippen LogP contribution in [0.1, 0.15) is 106 Å². The zero-order chi connectivity index (χ0) is 24.7. The average molecular weight is 471 g/mol. The van der Waals surface area contributed by atoms with Crippen molar-refractivity contribution in [1.29, 1.82) is 0 Å². The van der Waals surface area contributed by atoms with Crippen molar-refractivity contribution >= 4 is 6.29 Å². The number of aliphatic hydroxyl groups is 1. The zero-order valence-electron chi connectivity index (χ0n) is 23.0. The van der Waals surface area contributed by atoms with E-state index in [9.17, 15) is 9.90 Å². The van der Waals surface area contributed by atoms with Crippen LogP contribution in [0.4, 0.5) is 0 Å². The highest BCUT2D eigenvalue weighted by Gasteiger charge is 2.63. The molecule has 5 rings (SSSR count). The molecule has 192 valence electrons. The summed E-state index contributed by atoms with van der Waals surface area (Å²) in [6, 6.07) is 0. The second kappa shape index (κ2) is 7.91. The van der Waals surface area contributed by atoms with Crippen molar-refractivity contribution in [3.8, 4) is 0 Å². The maximum Gasteiger partial charge on any atom is 0.128 e. The van der Waals surface area contributed by atoms with Gasteiger partial charge in [0.15, 0.2) is 0 Å². The van der Waals surface area contributed by atoms with Crippen LogP contribution in [0.2, 0.25) is 0 Å². The lowest BCUT2D eigenvalue weighted by Crippen LogP contribution is -2.58. The van der Waals surface area contributed by atoms with Crippen LogP contribution in [0.3, 0.4) is 0 Å². The number of hydrogen-bond acceptors (Lipinski definition) is 3. The second-order valence-corrected chi connectivity index (χ2v) is 14.8. The van der Waals surface area contributed by atoms with Gasteiger partial charge >= 0.3 is 0 Å². The Morgan fingerprint density at radius 2 is 1.59 bits per heavy atom. The van der Waals surface area contributed by atoms with E-state index >= 15 is 0 Å². The number of aliphatic hydroxyl groups excluding tert-OH is 1. The fourth-order valence-corrected chi connectivity index (χ4v) is 11.3. The first-order valence-corrected chi connectivity index (χ1v) is 14.2. The average Bonchev–Trinajstić information content (AvgIpc) is 2.93. The third-order valence-electron chi connectivity index (χ3n) is 13.1. The maximum atomic E-state index is 12.3. The van der Waals surface area contributed by atoms with Crippen molar-refractivity contribution in [1.82, 2.24) is 0 Å². The number of methoxy groups -OCH3 is 1. The predicted molar refractivity (Wildman–Crippen MR) is 137 cm³/mol. The monoisotopic (exact) mass is 470 g/mol. The molecule has 0 amide bonds. The Hall–Kier alpha value is -0.670. The summed E-state index contributed by atoms with van der Waals surface area (Å²) < 4.78 is 6.02. The topological polar surface area (TPSA) is 46.5 Å². The molecule has 0 bridgehead atoms. The van der Waals surface area contributed by atoms with Gasteiger partial charge in [-0.25, -0.2) is 0 Å². The Morgan fingerprint density at radius 3 is 2.26 bits per heavy atom. The molecule has 0 saturated heterocycles. The predicted octanol–water partition coefficient (Wildman–Crippen LogP) is 6.97. The van der Waals surface area contributed by atoms with Gasteiger partial charge in [-0.2, -0.15) is 0 Å². The van der Waals surface area contributed by atoms with Gasteiger partial charge in [0.05, 0.1) is 17.6 Å². The highest BCUT2D eigenvalue weighted by Crippen LogP contribution is 2.70. The Bertz CT molecular complexity index is 861. The van der Waals surface area contributed by atoms with E-state index in [2.05, 4.69) is 40.7 Å². The van der Waals surface area contributed by atoms with E-state index < -0.39 is 11.5 Å². The van der Waals surface area contributed by atoms with Crippen LogP contribution in [0, 0.1) is 50.7 Å². The second-order valence-electron chi connectivity index (χ2n) is 14.8. The molecule has 0 heterocycles. The molecule has 10 atom stereocenters. The molecule has 0 aliphatic heterocycles. The molecule has 3 nitrogen and oxygen atoms in total. The van der Waals surface area contributed by atoms with Gasteiger partial charge < -0.3 is 14.6 Å². The zero-order valence-corrected chi connectivity index (χ0v) is 23.0. The minimum atomic E-state index is -0.613. The van der Waals surface area contributed by atoms with Gasteiger partial charge in [-0.3, -0.25) is 0 Å². The summed E-state index contributed by atoms with van der Waals surface area (Å²) in [6.45, 7) is 14.7. The highest BCUT2D eigenvalue weighted by molar-refractivity contribution is 5.61. The van der Waals surface area contributed by atoms with Crippen LogP contribution in [0.25, 0.3) is 0 Å². The smallest absolute Gasteiger partial charge is 0.128 e. The Morgan fingerprint density at radius 1 is 0.882 bits per heavy atom. The van der Waals surface area contributed by atoms with Crippen LogP contribution in [0.5, 0.6) is 0 Å². The standard InChI is InChI=1S/C31H50O3/c1-27(2)22-12-15-28(3)18-20-8-10-24-29(4,16-13-25(33)31(24,6)19-32)21(20)9-11-23(28)30(22,5)17-14-26(27)34-7/h8,19,21-26,33H,9-18H2,1-7H3/t21-,22-,23-,24+,25-,26-,28-,29+,30-,31+/m0/s1. The van der Waals surface area contributed by atoms with Crippen molar-refractivity contribution in [2.45, 2.75) is 118 Å². The summed E-state index contributed by atoms with van der Waals surface area (Å²) in [5, 5.41) is 10.8. The minimum Gasteiger partial charge on any atom is -0.392 e. The number of carbonyl (C=O) groups excluding carboxylic acids is 1. The third-order valence-corrected chi connectivity index (χ3v) is 13.1. The SMILES string of the molecule is CO[C@H]1CC[C@@]2(C)[C@@H](CC[C@@]3(C)CC4=CC[C@H]5[C@@](C)(C=O)[C@@H](O)CC[C@]5(C)[C@H]4CC[C@@H]32)C1(C)C. The third kappa shape index (κ3) is 3.17. The molecule has 5 aliphatic rings. The van der Waals surface area contributed by atoms with E-state index in [1.165, 1.54) is 44.9 Å². The number of carbonyl (C=O) groups is 1. The summed E-state index contributed by atoms with van der Waals surface area (Å²) in [5.74, 6) is 2.28. The van der Waals surface area contributed by atoms with Crippen molar-refractivity contribution in [2.75, 3.05) is 7.11 Å². The van der Waals surface area contributed by atoms with Crippen LogP contribution in [-0.2, 0) is 9.53 Å². The Kier molecular flexibility index (Phi) is 5.82. The molecule has 4 fully saturated rings. The number of allylic oxidation sites excluding steroid dienone is 2. The molecule has 34 heavy (non-hydrogen) atoms. The van der Waals surface area contributed by atoms with E-state index in [4.69, 9.17) is 4.74 Å². The normalized spacial score (nSPS) is 54.4. The molecule has 0 aromatic rings. The molecule has 5 aliphatic carbocycles. The number of ether oxygens (including phenoxy) is 1. The summed E-state index contributed by atoms with van der Waals surface area (Å²) in [6.07, 6.45) is 15.2. The van der Waals surface area contributed by atoms with Gasteiger partial charge in [0.25, 0.3) is 0 Å². The maximum absolute atomic E-state index is 12.3. The number of hydrogen-bond donors (Lipinski definition) is 1. The van der Waals surface area contributed by atoms with Crippen LogP contribution in [-0.4, -0.2) is 30.7 Å². The van der Waals surface area contributed by atoms with Crippen LogP contribution >= 0.6 is 0 Å². The fraction of sp³-hybridized carbons (Fsp3) is 0.903. The largest absolute Gasteiger partial charge is 0.392 e. The molecular weight excluding hydrogens is 420 g/mol. The van der Waals surface area contributed by atoms with Gasteiger partial charge in [-0.1, -0.05) is 53.2 Å². The lowest BCUT2D eigenvalue weighted by atomic mass is 9.42. The Balaban J connectivity index is 1.50. The van der Waals surface area contributed by atoms with Gasteiger partial charge in [-0.05, 0) is 110 Å². The summed E-state index contributed by atoms with van der Waals surface area (Å²) >= 11 is 0. The molecule has 0 spiro atoms.